The van der Waals surface area contributed by atoms with Crippen LogP contribution in [-0.2, 0) is 4.74 Å². The monoisotopic (exact) mass is 310 g/mol. The Morgan fingerprint density at radius 3 is 2.71 bits per heavy atom. The zero-order valence-electron chi connectivity index (χ0n) is 12.0. The summed E-state index contributed by atoms with van der Waals surface area (Å²) in [6, 6.07) is 10.0. The topological polar surface area (TPSA) is 61.8 Å². The number of rotatable bonds is 7. The van der Waals surface area contributed by atoms with E-state index in [1.807, 2.05) is 30.3 Å². The number of thioether (sulfide) groups is 1. The first-order valence-electron chi connectivity index (χ1n) is 7.21. The SMILES string of the molecule is O=C(O)N[C@H](CCN1CCOCC1)CSc1ccccc1. The molecule has 1 saturated heterocycles. The van der Waals surface area contributed by atoms with E-state index in [4.69, 9.17) is 9.84 Å². The molecule has 116 valence electrons. The van der Waals surface area contributed by atoms with Gasteiger partial charge in [-0.15, -0.1) is 11.8 Å². The molecule has 1 amide bonds. The Bertz CT molecular complexity index is 424. The van der Waals surface area contributed by atoms with Gasteiger partial charge in [0, 0.05) is 36.3 Å². The van der Waals surface area contributed by atoms with Gasteiger partial charge in [-0.05, 0) is 18.6 Å². The summed E-state index contributed by atoms with van der Waals surface area (Å²) in [5.74, 6) is 0.751. The van der Waals surface area contributed by atoms with E-state index in [-0.39, 0.29) is 6.04 Å². The van der Waals surface area contributed by atoms with Crippen LogP contribution in [0.4, 0.5) is 4.79 Å². The summed E-state index contributed by atoms with van der Waals surface area (Å²) in [5, 5.41) is 11.6. The molecule has 21 heavy (non-hydrogen) atoms. The predicted molar refractivity (Wildman–Crippen MR) is 84.0 cm³/mol. The molecular formula is C15H22N2O3S. The second-order valence-corrected chi connectivity index (χ2v) is 6.11. The van der Waals surface area contributed by atoms with Crippen molar-refractivity contribution in [1.29, 1.82) is 0 Å². The lowest BCUT2D eigenvalue weighted by Gasteiger charge is -2.28. The fourth-order valence-corrected chi connectivity index (χ4v) is 3.24. The number of hydrogen-bond acceptors (Lipinski definition) is 4. The number of morpholine rings is 1. The molecule has 0 saturated carbocycles. The minimum absolute atomic E-state index is 0.0319. The summed E-state index contributed by atoms with van der Waals surface area (Å²) < 4.78 is 5.32. The number of benzene rings is 1. The zero-order valence-corrected chi connectivity index (χ0v) is 12.8. The molecule has 0 radical (unpaired) electrons. The summed E-state index contributed by atoms with van der Waals surface area (Å²) >= 11 is 1.69. The van der Waals surface area contributed by atoms with E-state index in [0.717, 1.165) is 45.0 Å². The molecule has 5 nitrogen and oxygen atoms in total. The van der Waals surface area contributed by atoms with Gasteiger partial charge in [0.05, 0.1) is 13.2 Å². The van der Waals surface area contributed by atoms with Crippen molar-refractivity contribution in [3.05, 3.63) is 30.3 Å². The first kappa shape index (κ1) is 16.1. The minimum atomic E-state index is -0.948. The lowest BCUT2D eigenvalue weighted by atomic mass is 10.2. The smallest absolute Gasteiger partial charge is 0.404 e. The normalized spacial score (nSPS) is 17.3. The summed E-state index contributed by atoms with van der Waals surface area (Å²) in [6.45, 7) is 4.33. The molecule has 1 atom stereocenters. The molecule has 1 aromatic carbocycles. The van der Waals surface area contributed by atoms with Crippen LogP contribution in [0.5, 0.6) is 0 Å². The molecule has 6 heteroatoms. The van der Waals surface area contributed by atoms with Crippen molar-refractivity contribution in [2.24, 2.45) is 0 Å². The lowest BCUT2D eigenvalue weighted by molar-refractivity contribution is 0.0364. The first-order chi connectivity index (χ1) is 10.2. The summed E-state index contributed by atoms with van der Waals surface area (Å²) in [5.41, 5.74) is 0. The standard InChI is InChI=1S/C15H22N2O3S/c18-15(19)16-13(6-7-17-8-10-20-11-9-17)12-21-14-4-2-1-3-5-14/h1-5,13,16H,6-12H2,(H,18,19)/t13-/m1/s1. The molecule has 1 aliphatic rings. The Kier molecular flexibility index (Phi) is 6.85. The van der Waals surface area contributed by atoms with Crippen LogP contribution < -0.4 is 5.32 Å². The first-order valence-corrected chi connectivity index (χ1v) is 8.20. The van der Waals surface area contributed by atoms with Gasteiger partial charge in [-0.25, -0.2) is 4.79 Å². The largest absolute Gasteiger partial charge is 0.465 e. The number of amides is 1. The van der Waals surface area contributed by atoms with Crippen molar-refractivity contribution < 1.29 is 14.6 Å². The van der Waals surface area contributed by atoms with Gasteiger partial charge in [-0.1, -0.05) is 18.2 Å². The van der Waals surface area contributed by atoms with E-state index in [9.17, 15) is 4.79 Å². The Balaban J connectivity index is 1.77. The van der Waals surface area contributed by atoms with E-state index >= 15 is 0 Å². The van der Waals surface area contributed by atoms with Crippen molar-refractivity contribution in [2.45, 2.75) is 17.4 Å². The van der Waals surface area contributed by atoms with E-state index in [0.29, 0.717) is 0 Å². The number of nitrogens with zero attached hydrogens (tertiary/aromatic N) is 1. The molecule has 0 spiro atoms. The van der Waals surface area contributed by atoms with Gasteiger partial charge in [-0.3, -0.25) is 4.90 Å². The van der Waals surface area contributed by atoms with E-state index in [1.165, 1.54) is 4.90 Å². The molecule has 2 N–H and O–H groups in total. The maximum Gasteiger partial charge on any atom is 0.404 e. The highest BCUT2D eigenvalue weighted by atomic mass is 32.2. The number of carbonyl (C=O) groups is 1. The van der Waals surface area contributed by atoms with Crippen LogP contribution >= 0.6 is 11.8 Å². The van der Waals surface area contributed by atoms with Gasteiger partial charge in [0.1, 0.15) is 0 Å². The molecule has 1 fully saturated rings. The Hall–Kier alpha value is -1.24. The summed E-state index contributed by atoms with van der Waals surface area (Å²) in [7, 11) is 0. The van der Waals surface area contributed by atoms with Crippen molar-refractivity contribution in [1.82, 2.24) is 10.2 Å². The molecule has 1 aromatic rings. The van der Waals surface area contributed by atoms with Crippen molar-refractivity contribution >= 4 is 17.9 Å². The highest BCUT2D eigenvalue weighted by Crippen LogP contribution is 2.19. The second kappa shape index (κ2) is 8.92. The third-order valence-corrected chi connectivity index (χ3v) is 4.59. The quantitative estimate of drug-likeness (QED) is 0.756. The minimum Gasteiger partial charge on any atom is -0.465 e. The number of hydrogen-bond donors (Lipinski definition) is 2. The van der Waals surface area contributed by atoms with Gasteiger partial charge >= 0.3 is 6.09 Å². The summed E-state index contributed by atoms with van der Waals surface area (Å²) in [6.07, 6.45) is -0.123. The van der Waals surface area contributed by atoms with Gasteiger partial charge < -0.3 is 15.2 Å². The Morgan fingerprint density at radius 1 is 1.33 bits per heavy atom. The van der Waals surface area contributed by atoms with E-state index in [2.05, 4.69) is 10.2 Å². The lowest BCUT2D eigenvalue weighted by Crippen LogP contribution is -2.42. The Morgan fingerprint density at radius 2 is 2.05 bits per heavy atom. The van der Waals surface area contributed by atoms with E-state index in [1.54, 1.807) is 11.8 Å². The molecule has 0 unspecified atom stereocenters. The fraction of sp³-hybridized carbons (Fsp3) is 0.533. The Labute approximate surface area is 129 Å². The number of carboxylic acid groups (broad SMARTS) is 1. The fourth-order valence-electron chi connectivity index (χ4n) is 2.25. The van der Waals surface area contributed by atoms with Gasteiger partial charge in [-0.2, -0.15) is 0 Å². The van der Waals surface area contributed by atoms with Crippen LogP contribution in [-0.4, -0.2) is 60.7 Å². The van der Waals surface area contributed by atoms with Gasteiger partial charge in [0.15, 0.2) is 0 Å². The van der Waals surface area contributed by atoms with Gasteiger partial charge in [0.2, 0.25) is 0 Å². The van der Waals surface area contributed by atoms with Crippen LogP contribution in [0.25, 0.3) is 0 Å². The highest BCUT2D eigenvalue weighted by molar-refractivity contribution is 7.99. The van der Waals surface area contributed by atoms with Crippen LogP contribution in [0.15, 0.2) is 35.2 Å². The maximum atomic E-state index is 10.9. The van der Waals surface area contributed by atoms with Crippen LogP contribution in [0.1, 0.15) is 6.42 Å². The van der Waals surface area contributed by atoms with Crippen molar-refractivity contribution in [3.8, 4) is 0 Å². The van der Waals surface area contributed by atoms with Crippen molar-refractivity contribution in [2.75, 3.05) is 38.6 Å². The molecule has 1 heterocycles. The summed E-state index contributed by atoms with van der Waals surface area (Å²) in [4.78, 5) is 14.4. The maximum absolute atomic E-state index is 10.9. The molecular weight excluding hydrogens is 288 g/mol. The predicted octanol–water partition coefficient (Wildman–Crippen LogP) is 2.14. The van der Waals surface area contributed by atoms with Crippen LogP contribution in [0.3, 0.4) is 0 Å². The third kappa shape index (κ3) is 6.37. The van der Waals surface area contributed by atoms with Crippen molar-refractivity contribution in [3.63, 3.8) is 0 Å². The van der Waals surface area contributed by atoms with E-state index < -0.39 is 6.09 Å². The molecule has 0 aliphatic carbocycles. The molecule has 2 rings (SSSR count). The average Bonchev–Trinajstić information content (AvgIpc) is 2.51. The second-order valence-electron chi connectivity index (χ2n) is 5.01. The highest BCUT2D eigenvalue weighted by Gasteiger charge is 2.16. The van der Waals surface area contributed by atoms with Gasteiger partial charge in [0.25, 0.3) is 0 Å². The molecule has 0 aromatic heterocycles. The van der Waals surface area contributed by atoms with Crippen LogP contribution in [0, 0.1) is 0 Å². The van der Waals surface area contributed by atoms with Crippen LogP contribution in [0.2, 0.25) is 0 Å². The number of ether oxygens (including phenoxy) is 1. The molecule has 1 aliphatic heterocycles. The third-order valence-electron chi connectivity index (χ3n) is 3.42. The average molecular weight is 310 g/mol. The zero-order chi connectivity index (χ0) is 14.9. The molecule has 0 bridgehead atoms. The number of nitrogens with one attached hydrogen (secondary N) is 1.